The molecule has 0 aromatic heterocycles. The monoisotopic (exact) mass is 246 g/mol. The van der Waals surface area contributed by atoms with E-state index in [1.807, 2.05) is 24.3 Å². The third kappa shape index (κ3) is 5.31. The minimum Gasteiger partial charge on any atom is -0.392 e. The SMILES string of the molecule is CC(C)CN(CCC#N)Cc1ccc(CO)cc1. The zero-order valence-electron chi connectivity index (χ0n) is 11.3. The average Bonchev–Trinajstić information content (AvgIpc) is 2.36. The highest BCUT2D eigenvalue weighted by Crippen LogP contribution is 2.10. The number of hydrogen-bond donors (Lipinski definition) is 1. The van der Waals surface area contributed by atoms with Crippen LogP contribution in [-0.4, -0.2) is 23.1 Å². The van der Waals surface area contributed by atoms with E-state index in [0.29, 0.717) is 12.3 Å². The Bertz CT molecular complexity index is 378. The third-order valence-corrected chi connectivity index (χ3v) is 2.77. The van der Waals surface area contributed by atoms with Crippen molar-refractivity contribution in [2.45, 2.75) is 33.4 Å². The molecule has 0 bridgehead atoms. The minimum absolute atomic E-state index is 0.0877. The number of hydrogen-bond acceptors (Lipinski definition) is 3. The zero-order valence-corrected chi connectivity index (χ0v) is 11.3. The van der Waals surface area contributed by atoms with Gasteiger partial charge in [-0.25, -0.2) is 0 Å². The van der Waals surface area contributed by atoms with Crippen molar-refractivity contribution in [2.24, 2.45) is 5.92 Å². The van der Waals surface area contributed by atoms with Crippen molar-refractivity contribution in [3.05, 3.63) is 35.4 Å². The van der Waals surface area contributed by atoms with E-state index in [4.69, 9.17) is 10.4 Å². The normalized spacial score (nSPS) is 10.9. The molecule has 0 atom stereocenters. The summed E-state index contributed by atoms with van der Waals surface area (Å²) in [4.78, 5) is 2.31. The molecule has 0 radical (unpaired) electrons. The number of nitriles is 1. The molecule has 0 fully saturated rings. The highest BCUT2D eigenvalue weighted by Gasteiger charge is 2.08. The Labute approximate surface area is 110 Å². The first-order valence-electron chi connectivity index (χ1n) is 6.43. The van der Waals surface area contributed by atoms with Crippen LogP contribution in [0, 0.1) is 17.2 Å². The first-order chi connectivity index (χ1) is 8.65. The fourth-order valence-electron chi connectivity index (χ4n) is 1.97. The number of rotatable bonds is 7. The summed E-state index contributed by atoms with van der Waals surface area (Å²) >= 11 is 0. The topological polar surface area (TPSA) is 47.3 Å². The Hall–Kier alpha value is -1.37. The summed E-state index contributed by atoms with van der Waals surface area (Å²) in [6.45, 7) is 7.15. The predicted molar refractivity (Wildman–Crippen MR) is 72.7 cm³/mol. The Morgan fingerprint density at radius 2 is 1.83 bits per heavy atom. The number of aliphatic hydroxyl groups excluding tert-OH is 1. The molecule has 1 aromatic rings. The molecule has 0 aliphatic heterocycles. The van der Waals surface area contributed by atoms with E-state index in [9.17, 15) is 0 Å². The van der Waals surface area contributed by atoms with Crippen molar-refractivity contribution in [1.29, 1.82) is 5.26 Å². The lowest BCUT2D eigenvalue weighted by Crippen LogP contribution is -2.28. The Morgan fingerprint density at radius 3 is 2.33 bits per heavy atom. The fraction of sp³-hybridized carbons (Fsp3) is 0.533. The van der Waals surface area contributed by atoms with Gasteiger partial charge < -0.3 is 5.11 Å². The predicted octanol–water partition coefficient (Wildman–Crippen LogP) is 2.55. The molecular weight excluding hydrogens is 224 g/mol. The van der Waals surface area contributed by atoms with E-state index in [1.54, 1.807) is 0 Å². The molecule has 0 saturated heterocycles. The van der Waals surface area contributed by atoms with Crippen LogP contribution >= 0.6 is 0 Å². The van der Waals surface area contributed by atoms with Gasteiger partial charge in [0.15, 0.2) is 0 Å². The lowest BCUT2D eigenvalue weighted by Gasteiger charge is -2.23. The molecule has 1 N–H and O–H groups in total. The summed E-state index contributed by atoms with van der Waals surface area (Å²) in [5.74, 6) is 0.598. The standard InChI is InChI=1S/C15H22N2O/c1-13(2)10-17(9-3-8-16)11-14-4-6-15(12-18)7-5-14/h4-7,13,18H,3,9-12H2,1-2H3. The van der Waals surface area contributed by atoms with Gasteiger partial charge in [0.05, 0.1) is 12.7 Å². The summed E-state index contributed by atoms with van der Waals surface area (Å²) < 4.78 is 0. The molecule has 0 aliphatic rings. The largest absolute Gasteiger partial charge is 0.392 e. The van der Waals surface area contributed by atoms with Gasteiger partial charge in [0.25, 0.3) is 0 Å². The Kier molecular flexibility index (Phi) is 6.42. The second-order valence-electron chi connectivity index (χ2n) is 5.01. The van der Waals surface area contributed by atoms with Gasteiger partial charge >= 0.3 is 0 Å². The lowest BCUT2D eigenvalue weighted by molar-refractivity contribution is 0.241. The van der Waals surface area contributed by atoms with Crippen LogP contribution < -0.4 is 0 Å². The van der Waals surface area contributed by atoms with Crippen LogP contribution in [0.4, 0.5) is 0 Å². The molecule has 0 heterocycles. The quantitative estimate of drug-likeness (QED) is 0.804. The molecule has 0 aliphatic carbocycles. The van der Waals surface area contributed by atoms with E-state index in [1.165, 1.54) is 5.56 Å². The maximum absolute atomic E-state index is 9.00. The molecular formula is C15H22N2O. The van der Waals surface area contributed by atoms with Crippen LogP contribution in [0.25, 0.3) is 0 Å². The summed E-state index contributed by atoms with van der Waals surface area (Å²) in [5.41, 5.74) is 2.16. The van der Waals surface area contributed by atoms with Gasteiger partial charge in [-0.05, 0) is 17.0 Å². The van der Waals surface area contributed by atoms with Crippen LogP contribution in [0.2, 0.25) is 0 Å². The Balaban J connectivity index is 2.60. The molecule has 18 heavy (non-hydrogen) atoms. The van der Waals surface area contributed by atoms with Crippen molar-refractivity contribution < 1.29 is 5.11 Å². The number of aliphatic hydroxyl groups is 1. The van der Waals surface area contributed by atoms with Crippen LogP contribution in [0.15, 0.2) is 24.3 Å². The molecule has 3 heteroatoms. The number of nitrogens with zero attached hydrogens (tertiary/aromatic N) is 2. The summed E-state index contributed by atoms with van der Waals surface area (Å²) in [5, 5.41) is 17.7. The van der Waals surface area contributed by atoms with Crippen molar-refractivity contribution in [2.75, 3.05) is 13.1 Å². The molecule has 0 spiro atoms. The zero-order chi connectivity index (χ0) is 13.4. The summed E-state index contributed by atoms with van der Waals surface area (Å²) in [6.07, 6.45) is 0.571. The van der Waals surface area contributed by atoms with Gasteiger partial charge in [0.2, 0.25) is 0 Å². The number of benzene rings is 1. The molecule has 0 unspecified atom stereocenters. The van der Waals surface area contributed by atoms with Crippen LogP contribution in [0.3, 0.4) is 0 Å². The van der Waals surface area contributed by atoms with E-state index >= 15 is 0 Å². The van der Waals surface area contributed by atoms with Gasteiger partial charge in [0.1, 0.15) is 0 Å². The van der Waals surface area contributed by atoms with Gasteiger partial charge in [-0.2, -0.15) is 5.26 Å². The van der Waals surface area contributed by atoms with Gasteiger partial charge in [0, 0.05) is 26.1 Å². The molecule has 98 valence electrons. The summed E-state index contributed by atoms with van der Waals surface area (Å²) in [6, 6.07) is 10.2. The van der Waals surface area contributed by atoms with E-state index in [0.717, 1.165) is 25.2 Å². The fourth-order valence-corrected chi connectivity index (χ4v) is 1.97. The van der Waals surface area contributed by atoms with Crippen molar-refractivity contribution in [3.63, 3.8) is 0 Å². The van der Waals surface area contributed by atoms with E-state index in [2.05, 4.69) is 24.8 Å². The third-order valence-electron chi connectivity index (χ3n) is 2.77. The van der Waals surface area contributed by atoms with Crippen molar-refractivity contribution >= 4 is 0 Å². The highest BCUT2D eigenvalue weighted by molar-refractivity contribution is 5.21. The van der Waals surface area contributed by atoms with E-state index in [-0.39, 0.29) is 6.61 Å². The Morgan fingerprint density at radius 1 is 1.22 bits per heavy atom. The smallest absolute Gasteiger partial charge is 0.0681 e. The van der Waals surface area contributed by atoms with Crippen LogP contribution in [-0.2, 0) is 13.2 Å². The molecule has 0 saturated carbocycles. The van der Waals surface area contributed by atoms with Crippen LogP contribution in [0.1, 0.15) is 31.4 Å². The first-order valence-corrected chi connectivity index (χ1v) is 6.43. The maximum atomic E-state index is 9.00. The van der Waals surface area contributed by atoms with Crippen molar-refractivity contribution in [1.82, 2.24) is 4.90 Å². The molecule has 1 aromatic carbocycles. The highest BCUT2D eigenvalue weighted by atomic mass is 16.3. The molecule has 3 nitrogen and oxygen atoms in total. The second-order valence-corrected chi connectivity index (χ2v) is 5.01. The molecule has 1 rings (SSSR count). The lowest BCUT2D eigenvalue weighted by atomic mass is 10.1. The van der Waals surface area contributed by atoms with Crippen molar-refractivity contribution in [3.8, 4) is 6.07 Å². The minimum atomic E-state index is 0.0877. The van der Waals surface area contributed by atoms with Crippen LogP contribution in [0.5, 0.6) is 0 Å². The second kappa shape index (κ2) is 7.86. The van der Waals surface area contributed by atoms with E-state index < -0.39 is 0 Å². The molecule has 0 amide bonds. The first kappa shape index (κ1) is 14.7. The van der Waals surface area contributed by atoms with Gasteiger partial charge in [-0.3, -0.25) is 4.90 Å². The average molecular weight is 246 g/mol. The van der Waals surface area contributed by atoms with Gasteiger partial charge in [-0.15, -0.1) is 0 Å². The van der Waals surface area contributed by atoms with Gasteiger partial charge in [-0.1, -0.05) is 38.1 Å². The summed E-state index contributed by atoms with van der Waals surface area (Å²) in [7, 11) is 0. The maximum Gasteiger partial charge on any atom is 0.0681 e.